The SMILES string of the molecule is C=CC[C@@H](CCN)c1ccc(F)cc1.C=CC[C@@H](CCNC(=O)O)c1ccc(F)cc1. The molecule has 168 valence electrons. The highest BCUT2D eigenvalue weighted by atomic mass is 19.1. The first kappa shape index (κ1) is 26.0. The van der Waals surface area contributed by atoms with Crippen LogP contribution in [-0.4, -0.2) is 24.3 Å². The van der Waals surface area contributed by atoms with E-state index in [9.17, 15) is 13.6 Å². The second-order valence-electron chi connectivity index (χ2n) is 7.14. The quantitative estimate of drug-likeness (QED) is 0.384. The van der Waals surface area contributed by atoms with E-state index in [1.54, 1.807) is 18.2 Å². The monoisotopic (exact) mass is 430 g/mol. The molecule has 0 heterocycles. The predicted molar refractivity (Wildman–Crippen MR) is 122 cm³/mol. The fourth-order valence-electron chi connectivity index (χ4n) is 3.27. The third-order valence-corrected chi connectivity index (χ3v) is 4.87. The summed E-state index contributed by atoms with van der Waals surface area (Å²) in [6, 6.07) is 12.9. The van der Waals surface area contributed by atoms with Gasteiger partial charge in [0.15, 0.2) is 0 Å². The topological polar surface area (TPSA) is 75.3 Å². The molecule has 2 rings (SSSR count). The summed E-state index contributed by atoms with van der Waals surface area (Å²) in [6.45, 7) is 8.42. The molecule has 0 spiro atoms. The molecule has 1 amide bonds. The van der Waals surface area contributed by atoms with E-state index < -0.39 is 6.09 Å². The average molecular weight is 431 g/mol. The van der Waals surface area contributed by atoms with Crippen molar-refractivity contribution >= 4 is 6.09 Å². The molecular formula is C25H32F2N2O2. The number of carboxylic acid groups (broad SMARTS) is 1. The number of allylic oxidation sites excluding steroid dienone is 2. The summed E-state index contributed by atoms with van der Waals surface area (Å²) in [5.41, 5.74) is 7.65. The summed E-state index contributed by atoms with van der Waals surface area (Å²) >= 11 is 0. The van der Waals surface area contributed by atoms with E-state index in [1.165, 1.54) is 24.3 Å². The van der Waals surface area contributed by atoms with Crippen molar-refractivity contribution in [3.63, 3.8) is 0 Å². The lowest BCUT2D eigenvalue weighted by Gasteiger charge is -2.15. The number of amides is 1. The van der Waals surface area contributed by atoms with Crippen molar-refractivity contribution < 1.29 is 18.7 Å². The number of hydrogen-bond donors (Lipinski definition) is 3. The molecule has 31 heavy (non-hydrogen) atoms. The molecule has 0 aromatic heterocycles. The van der Waals surface area contributed by atoms with Gasteiger partial charge in [-0.05, 0) is 79.5 Å². The highest BCUT2D eigenvalue weighted by molar-refractivity contribution is 5.64. The number of nitrogens with one attached hydrogen (secondary N) is 1. The second-order valence-corrected chi connectivity index (χ2v) is 7.14. The van der Waals surface area contributed by atoms with Crippen LogP contribution in [0.25, 0.3) is 0 Å². The zero-order chi connectivity index (χ0) is 23.1. The first-order chi connectivity index (χ1) is 14.9. The molecule has 0 fully saturated rings. The van der Waals surface area contributed by atoms with Gasteiger partial charge in [-0.3, -0.25) is 0 Å². The van der Waals surface area contributed by atoms with Gasteiger partial charge in [0.05, 0.1) is 0 Å². The van der Waals surface area contributed by atoms with Gasteiger partial charge in [-0.2, -0.15) is 0 Å². The summed E-state index contributed by atoms with van der Waals surface area (Å²) in [4.78, 5) is 10.3. The lowest BCUT2D eigenvalue weighted by molar-refractivity contribution is 0.194. The van der Waals surface area contributed by atoms with E-state index in [4.69, 9.17) is 10.8 Å². The van der Waals surface area contributed by atoms with Crippen LogP contribution in [0, 0.1) is 11.6 Å². The number of halogens is 2. The molecule has 0 aliphatic rings. The van der Waals surface area contributed by atoms with Crippen molar-refractivity contribution in [1.82, 2.24) is 5.32 Å². The fourth-order valence-corrected chi connectivity index (χ4v) is 3.27. The van der Waals surface area contributed by atoms with Crippen molar-refractivity contribution in [3.05, 3.63) is 96.6 Å². The molecule has 0 unspecified atom stereocenters. The van der Waals surface area contributed by atoms with Crippen molar-refractivity contribution in [2.45, 2.75) is 37.5 Å². The van der Waals surface area contributed by atoms with Gasteiger partial charge in [0.25, 0.3) is 0 Å². The molecule has 0 radical (unpaired) electrons. The number of rotatable bonds is 11. The van der Waals surface area contributed by atoms with Gasteiger partial charge in [0.1, 0.15) is 11.6 Å². The van der Waals surface area contributed by atoms with Gasteiger partial charge in [0.2, 0.25) is 0 Å². The Bertz CT molecular complexity index is 792. The number of nitrogens with two attached hydrogens (primary N) is 1. The lowest BCUT2D eigenvalue weighted by Crippen LogP contribution is -2.23. The van der Waals surface area contributed by atoms with Crippen LogP contribution in [0.15, 0.2) is 73.8 Å². The number of benzene rings is 2. The molecule has 0 saturated heterocycles. The Balaban J connectivity index is 0.000000316. The minimum Gasteiger partial charge on any atom is -0.465 e. The first-order valence-electron chi connectivity index (χ1n) is 10.3. The maximum Gasteiger partial charge on any atom is 0.404 e. The molecule has 4 N–H and O–H groups in total. The smallest absolute Gasteiger partial charge is 0.404 e. The van der Waals surface area contributed by atoms with Gasteiger partial charge in [0, 0.05) is 6.54 Å². The van der Waals surface area contributed by atoms with Gasteiger partial charge in [-0.1, -0.05) is 36.4 Å². The van der Waals surface area contributed by atoms with Gasteiger partial charge in [-0.25, -0.2) is 13.6 Å². The Morgan fingerprint density at radius 3 is 1.68 bits per heavy atom. The Morgan fingerprint density at radius 2 is 1.32 bits per heavy atom. The highest BCUT2D eigenvalue weighted by Gasteiger charge is 2.10. The lowest BCUT2D eigenvalue weighted by atomic mass is 9.92. The Kier molecular flexibility index (Phi) is 12.5. The predicted octanol–water partition coefficient (Wildman–Crippen LogP) is 5.98. The van der Waals surface area contributed by atoms with E-state index in [0.29, 0.717) is 25.4 Å². The van der Waals surface area contributed by atoms with Gasteiger partial charge >= 0.3 is 6.09 Å². The maximum atomic E-state index is 12.8. The van der Waals surface area contributed by atoms with Crippen LogP contribution in [0.3, 0.4) is 0 Å². The molecule has 2 aromatic rings. The highest BCUT2D eigenvalue weighted by Crippen LogP contribution is 2.24. The van der Waals surface area contributed by atoms with E-state index in [-0.39, 0.29) is 17.6 Å². The van der Waals surface area contributed by atoms with Crippen LogP contribution in [0.5, 0.6) is 0 Å². The van der Waals surface area contributed by atoms with Crippen molar-refractivity contribution in [2.75, 3.05) is 13.1 Å². The summed E-state index contributed by atoms with van der Waals surface area (Å²) in [5.74, 6) is 0.0756. The molecule has 2 atom stereocenters. The molecule has 0 bridgehead atoms. The van der Waals surface area contributed by atoms with Crippen LogP contribution in [0.4, 0.5) is 13.6 Å². The van der Waals surface area contributed by atoms with Crippen LogP contribution < -0.4 is 11.1 Å². The average Bonchev–Trinajstić information content (AvgIpc) is 2.74. The zero-order valence-corrected chi connectivity index (χ0v) is 17.8. The van der Waals surface area contributed by atoms with Crippen molar-refractivity contribution in [1.29, 1.82) is 0 Å². The van der Waals surface area contributed by atoms with Crippen molar-refractivity contribution in [2.24, 2.45) is 5.73 Å². The van der Waals surface area contributed by atoms with E-state index in [2.05, 4.69) is 18.5 Å². The Hall–Kier alpha value is -2.99. The van der Waals surface area contributed by atoms with Crippen LogP contribution >= 0.6 is 0 Å². The van der Waals surface area contributed by atoms with Gasteiger partial charge in [-0.15, -0.1) is 13.2 Å². The number of hydrogen-bond acceptors (Lipinski definition) is 2. The van der Waals surface area contributed by atoms with Crippen LogP contribution in [0.2, 0.25) is 0 Å². The number of carbonyl (C=O) groups is 1. The third kappa shape index (κ3) is 10.6. The molecule has 0 aliphatic carbocycles. The minimum atomic E-state index is -1.03. The minimum absolute atomic E-state index is 0.167. The zero-order valence-electron chi connectivity index (χ0n) is 17.8. The van der Waals surface area contributed by atoms with E-state index in [1.807, 2.05) is 18.2 Å². The summed E-state index contributed by atoms with van der Waals surface area (Å²) in [6.07, 6.45) is 5.86. The second kappa shape index (κ2) is 14.9. The molecule has 2 aromatic carbocycles. The Morgan fingerprint density at radius 1 is 0.903 bits per heavy atom. The molecule has 6 heteroatoms. The third-order valence-electron chi connectivity index (χ3n) is 4.87. The molecular weight excluding hydrogens is 398 g/mol. The van der Waals surface area contributed by atoms with Crippen LogP contribution in [-0.2, 0) is 0 Å². The first-order valence-corrected chi connectivity index (χ1v) is 10.3. The summed E-state index contributed by atoms with van der Waals surface area (Å²) in [5, 5.41) is 10.8. The Labute approximate surface area is 183 Å². The van der Waals surface area contributed by atoms with E-state index >= 15 is 0 Å². The summed E-state index contributed by atoms with van der Waals surface area (Å²) in [7, 11) is 0. The fraction of sp³-hybridized carbons (Fsp3) is 0.320. The summed E-state index contributed by atoms with van der Waals surface area (Å²) < 4.78 is 25.5. The largest absolute Gasteiger partial charge is 0.465 e. The van der Waals surface area contributed by atoms with Crippen molar-refractivity contribution in [3.8, 4) is 0 Å². The van der Waals surface area contributed by atoms with E-state index in [0.717, 1.165) is 30.4 Å². The van der Waals surface area contributed by atoms with Crippen LogP contribution in [0.1, 0.15) is 48.6 Å². The molecule has 4 nitrogen and oxygen atoms in total. The molecule has 0 saturated carbocycles. The standard InChI is InChI=1S/C13H16FNO2.C12H16FN/c1-2-3-10(8-9-15-13(16)17)11-4-6-12(14)7-5-11;1-2-3-10(8-9-14)11-4-6-12(13)7-5-11/h2,4-7,10,15H,1,3,8-9H2,(H,16,17);2,4-7,10H,1,3,8-9,14H2/t2*10-/m00/s1. The maximum absolute atomic E-state index is 12.8. The van der Waals surface area contributed by atoms with Gasteiger partial charge < -0.3 is 16.2 Å². The normalized spacial score (nSPS) is 12.1. The molecule has 0 aliphatic heterocycles.